The van der Waals surface area contributed by atoms with Crippen LogP contribution in [0.1, 0.15) is 0 Å². The van der Waals surface area contributed by atoms with Gasteiger partial charge in [0.15, 0.2) is 0 Å². The quantitative estimate of drug-likeness (QED) is 0.769. The van der Waals surface area contributed by atoms with Crippen LogP contribution in [0, 0.1) is 0 Å². The number of carbonyl (C=O) groups excluding carboxylic acids is 2. The van der Waals surface area contributed by atoms with E-state index in [1.54, 1.807) is 0 Å². The monoisotopic (exact) mass is 422 g/mol. The SMILES string of the molecule is O=C(CN1CCN(C(=O)CN2CCOCC2)CC1)Nc1ccccc1-c1ccccc1. The highest BCUT2D eigenvalue weighted by molar-refractivity contribution is 5.96. The maximum atomic E-state index is 12.7. The third-order valence-corrected chi connectivity index (χ3v) is 5.84. The number of piperazine rings is 1. The summed E-state index contributed by atoms with van der Waals surface area (Å²) in [7, 11) is 0. The third-order valence-electron chi connectivity index (χ3n) is 5.84. The van der Waals surface area contributed by atoms with Gasteiger partial charge in [0.25, 0.3) is 0 Å². The van der Waals surface area contributed by atoms with Crippen molar-refractivity contribution in [3.63, 3.8) is 0 Å². The molecule has 2 aliphatic heterocycles. The number of ether oxygens (including phenoxy) is 1. The molecule has 2 aromatic carbocycles. The Bertz CT molecular complexity index is 875. The van der Waals surface area contributed by atoms with Crippen molar-refractivity contribution in [1.82, 2.24) is 14.7 Å². The molecule has 164 valence electrons. The van der Waals surface area contributed by atoms with E-state index in [1.807, 2.05) is 59.5 Å². The summed E-state index contributed by atoms with van der Waals surface area (Å²) < 4.78 is 5.34. The zero-order valence-electron chi connectivity index (χ0n) is 17.8. The molecule has 0 aliphatic carbocycles. The van der Waals surface area contributed by atoms with Crippen molar-refractivity contribution in [2.75, 3.05) is 70.9 Å². The minimum absolute atomic E-state index is 0.0310. The Morgan fingerprint density at radius 2 is 1.42 bits per heavy atom. The van der Waals surface area contributed by atoms with Gasteiger partial charge >= 0.3 is 0 Å². The molecule has 0 radical (unpaired) electrons. The first-order valence-corrected chi connectivity index (χ1v) is 10.9. The molecule has 2 amide bonds. The van der Waals surface area contributed by atoms with Gasteiger partial charge in [-0.15, -0.1) is 0 Å². The lowest BCUT2D eigenvalue weighted by Crippen LogP contribution is -2.53. The van der Waals surface area contributed by atoms with Gasteiger partial charge in [0.2, 0.25) is 11.8 Å². The first-order chi connectivity index (χ1) is 15.2. The molecule has 2 aliphatic rings. The lowest BCUT2D eigenvalue weighted by atomic mass is 10.0. The van der Waals surface area contributed by atoms with Gasteiger partial charge < -0.3 is 15.0 Å². The molecule has 0 unspecified atom stereocenters. The fraction of sp³-hybridized carbons (Fsp3) is 0.417. The number of amides is 2. The minimum Gasteiger partial charge on any atom is -0.379 e. The normalized spacial score (nSPS) is 18.0. The number of anilines is 1. The highest BCUT2D eigenvalue weighted by Gasteiger charge is 2.24. The Morgan fingerprint density at radius 3 is 2.16 bits per heavy atom. The summed E-state index contributed by atoms with van der Waals surface area (Å²) in [5.74, 6) is 0.138. The van der Waals surface area contributed by atoms with Crippen LogP contribution in [0.5, 0.6) is 0 Å². The van der Waals surface area contributed by atoms with Gasteiger partial charge in [-0.2, -0.15) is 0 Å². The Morgan fingerprint density at radius 1 is 0.774 bits per heavy atom. The smallest absolute Gasteiger partial charge is 0.238 e. The van der Waals surface area contributed by atoms with E-state index in [-0.39, 0.29) is 11.8 Å². The van der Waals surface area contributed by atoms with E-state index in [9.17, 15) is 9.59 Å². The Balaban J connectivity index is 1.26. The topological polar surface area (TPSA) is 65.1 Å². The number of nitrogens with zero attached hydrogens (tertiary/aromatic N) is 3. The zero-order chi connectivity index (χ0) is 21.5. The van der Waals surface area contributed by atoms with E-state index in [1.165, 1.54) is 0 Å². The van der Waals surface area contributed by atoms with Crippen LogP contribution in [0.3, 0.4) is 0 Å². The van der Waals surface area contributed by atoms with Crippen LogP contribution in [0.4, 0.5) is 5.69 Å². The number of hydrogen-bond acceptors (Lipinski definition) is 5. The molecule has 7 heteroatoms. The molecular weight excluding hydrogens is 392 g/mol. The fourth-order valence-corrected chi connectivity index (χ4v) is 4.06. The number of rotatable bonds is 6. The third kappa shape index (κ3) is 5.91. The summed E-state index contributed by atoms with van der Waals surface area (Å²) in [5.41, 5.74) is 2.90. The zero-order valence-corrected chi connectivity index (χ0v) is 17.8. The van der Waals surface area contributed by atoms with Crippen LogP contribution < -0.4 is 5.32 Å². The van der Waals surface area contributed by atoms with Crippen LogP contribution >= 0.6 is 0 Å². The van der Waals surface area contributed by atoms with Crippen LogP contribution in [0.2, 0.25) is 0 Å². The standard InChI is InChI=1S/C24H30N4O3/c29-23(25-22-9-5-4-8-21(22)20-6-2-1-3-7-20)18-26-10-12-28(13-11-26)24(30)19-27-14-16-31-17-15-27/h1-9H,10-19H2,(H,25,29). The Kier molecular flexibility index (Phi) is 7.30. The summed E-state index contributed by atoms with van der Waals surface area (Å²) in [6.45, 7) is 6.56. The Hall–Kier alpha value is -2.74. The van der Waals surface area contributed by atoms with Gasteiger partial charge in [0, 0.05) is 50.5 Å². The summed E-state index contributed by atoms with van der Waals surface area (Å²) in [6, 6.07) is 17.9. The number of nitrogens with one attached hydrogen (secondary N) is 1. The number of benzene rings is 2. The number of para-hydroxylation sites is 1. The molecule has 0 bridgehead atoms. The van der Waals surface area contributed by atoms with Gasteiger partial charge in [-0.25, -0.2) is 0 Å². The molecule has 7 nitrogen and oxygen atoms in total. The Labute approximate surface area is 183 Å². The molecule has 2 heterocycles. The van der Waals surface area contributed by atoms with Crippen molar-refractivity contribution in [2.24, 2.45) is 0 Å². The first-order valence-electron chi connectivity index (χ1n) is 10.9. The minimum atomic E-state index is -0.0310. The maximum absolute atomic E-state index is 12.7. The summed E-state index contributed by atoms with van der Waals surface area (Å²) in [5, 5.41) is 3.06. The lowest BCUT2D eigenvalue weighted by Gasteiger charge is -2.36. The van der Waals surface area contributed by atoms with Crippen molar-refractivity contribution in [3.8, 4) is 11.1 Å². The number of hydrogen-bond donors (Lipinski definition) is 1. The molecule has 2 fully saturated rings. The van der Waals surface area contributed by atoms with E-state index in [2.05, 4.69) is 15.1 Å². The fourth-order valence-electron chi connectivity index (χ4n) is 4.06. The molecule has 0 aromatic heterocycles. The van der Waals surface area contributed by atoms with Crippen molar-refractivity contribution in [2.45, 2.75) is 0 Å². The van der Waals surface area contributed by atoms with E-state index < -0.39 is 0 Å². The first kappa shape index (κ1) is 21.5. The summed E-state index contributed by atoms with van der Waals surface area (Å²) in [6.07, 6.45) is 0. The summed E-state index contributed by atoms with van der Waals surface area (Å²) >= 11 is 0. The highest BCUT2D eigenvalue weighted by atomic mass is 16.5. The van der Waals surface area contributed by atoms with E-state index in [4.69, 9.17) is 4.74 Å². The summed E-state index contributed by atoms with van der Waals surface area (Å²) in [4.78, 5) is 31.4. The average molecular weight is 423 g/mol. The van der Waals surface area contributed by atoms with Gasteiger partial charge in [-0.1, -0.05) is 48.5 Å². The number of carbonyl (C=O) groups is 2. The van der Waals surface area contributed by atoms with Crippen molar-refractivity contribution >= 4 is 17.5 Å². The van der Waals surface area contributed by atoms with Crippen LogP contribution in [-0.4, -0.2) is 92.1 Å². The van der Waals surface area contributed by atoms with Gasteiger partial charge in [0.05, 0.1) is 26.3 Å². The molecule has 31 heavy (non-hydrogen) atoms. The molecule has 4 rings (SSSR count). The number of morpholine rings is 1. The molecular formula is C24H30N4O3. The van der Waals surface area contributed by atoms with Gasteiger partial charge in [-0.3, -0.25) is 19.4 Å². The second-order valence-corrected chi connectivity index (χ2v) is 8.01. The van der Waals surface area contributed by atoms with E-state index in [0.29, 0.717) is 52.5 Å². The predicted molar refractivity (Wildman–Crippen MR) is 121 cm³/mol. The average Bonchev–Trinajstić information content (AvgIpc) is 2.81. The molecule has 1 N–H and O–H groups in total. The van der Waals surface area contributed by atoms with Crippen LogP contribution in [0.25, 0.3) is 11.1 Å². The van der Waals surface area contributed by atoms with Crippen LogP contribution in [-0.2, 0) is 14.3 Å². The molecule has 0 atom stereocenters. The second kappa shape index (κ2) is 10.5. The maximum Gasteiger partial charge on any atom is 0.238 e. The highest BCUT2D eigenvalue weighted by Crippen LogP contribution is 2.27. The van der Waals surface area contributed by atoms with E-state index in [0.717, 1.165) is 29.9 Å². The molecule has 0 saturated carbocycles. The predicted octanol–water partition coefficient (Wildman–Crippen LogP) is 1.77. The lowest BCUT2D eigenvalue weighted by molar-refractivity contribution is -0.135. The molecule has 2 aromatic rings. The van der Waals surface area contributed by atoms with Crippen molar-refractivity contribution in [3.05, 3.63) is 54.6 Å². The molecule has 2 saturated heterocycles. The van der Waals surface area contributed by atoms with Crippen molar-refractivity contribution < 1.29 is 14.3 Å². The van der Waals surface area contributed by atoms with Gasteiger partial charge in [0.1, 0.15) is 0 Å². The van der Waals surface area contributed by atoms with Crippen LogP contribution in [0.15, 0.2) is 54.6 Å². The largest absolute Gasteiger partial charge is 0.379 e. The van der Waals surface area contributed by atoms with Gasteiger partial charge in [-0.05, 0) is 11.6 Å². The molecule has 0 spiro atoms. The second-order valence-electron chi connectivity index (χ2n) is 8.01. The van der Waals surface area contributed by atoms with Crippen molar-refractivity contribution in [1.29, 1.82) is 0 Å². The van der Waals surface area contributed by atoms with E-state index >= 15 is 0 Å².